The fourth-order valence-corrected chi connectivity index (χ4v) is 1.41. The maximum atomic E-state index is 13.3. The lowest BCUT2D eigenvalue weighted by molar-refractivity contribution is 0.457. The molecule has 7 heteroatoms. The zero-order chi connectivity index (χ0) is 12.3. The first-order valence-electron chi connectivity index (χ1n) is 4.27. The molecule has 1 aromatic carbocycles. The number of halogens is 1. The Morgan fingerprint density at radius 3 is 2.69 bits per heavy atom. The van der Waals surface area contributed by atoms with Gasteiger partial charge in [0.2, 0.25) is 0 Å². The van der Waals surface area contributed by atoms with Crippen LogP contribution in [-0.4, -0.2) is 19.8 Å². The summed E-state index contributed by atoms with van der Waals surface area (Å²) in [4.78, 5) is 0. The molecule has 1 aromatic rings. The van der Waals surface area contributed by atoms with E-state index < -0.39 is 16.0 Å². The molecule has 0 saturated carbocycles. The number of benzene rings is 1. The minimum atomic E-state index is -3.85. The summed E-state index contributed by atoms with van der Waals surface area (Å²) in [6.07, 6.45) is 0. The van der Waals surface area contributed by atoms with Gasteiger partial charge in [-0.2, -0.15) is 18.0 Å². The molecule has 0 radical (unpaired) electrons. The van der Waals surface area contributed by atoms with Crippen LogP contribution < -0.4 is 5.14 Å². The summed E-state index contributed by atoms with van der Waals surface area (Å²) in [5, 5.41) is 13.5. The van der Waals surface area contributed by atoms with E-state index in [1.165, 1.54) is 19.2 Å². The van der Waals surface area contributed by atoms with Gasteiger partial charge >= 0.3 is 0 Å². The SMILES string of the molecule is CN(Cc1cc(C#N)ccc1F)S(N)(=O)=O. The minimum absolute atomic E-state index is 0.107. The fourth-order valence-electron chi connectivity index (χ4n) is 1.10. The summed E-state index contributed by atoms with van der Waals surface area (Å²) in [5.41, 5.74) is 0.370. The smallest absolute Gasteiger partial charge is 0.216 e. The van der Waals surface area contributed by atoms with Crippen molar-refractivity contribution in [1.29, 1.82) is 5.26 Å². The Balaban J connectivity index is 3.02. The first-order valence-corrected chi connectivity index (χ1v) is 5.77. The van der Waals surface area contributed by atoms with Gasteiger partial charge in [-0.25, -0.2) is 9.53 Å². The van der Waals surface area contributed by atoms with E-state index in [0.717, 1.165) is 10.4 Å². The van der Waals surface area contributed by atoms with Crippen LogP contribution in [0.15, 0.2) is 18.2 Å². The zero-order valence-corrected chi connectivity index (χ0v) is 9.33. The Labute approximate surface area is 93.1 Å². The lowest BCUT2D eigenvalue weighted by atomic mass is 10.1. The second-order valence-corrected chi connectivity index (χ2v) is 4.87. The van der Waals surface area contributed by atoms with Gasteiger partial charge < -0.3 is 0 Å². The summed E-state index contributed by atoms with van der Waals surface area (Å²) in [7, 11) is -2.62. The van der Waals surface area contributed by atoms with Crippen molar-refractivity contribution in [2.24, 2.45) is 5.14 Å². The van der Waals surface area contributed by atoms with Crippen molar-refractivity contribution < 1.29 is 12.8 Å². The number of hydrogen-bond acceptors (Lipinski definition) is 3. The number of nitrogens with zero attached hydrogens (tertiary/aromatic N) is 2. The molecule has 5 nitrogen and oxygen atoms in total. The van der Waals surface area contributed by atoms with Gasteiger partial charge in [-0.1, -0.05) is 0 Å². The average molecular weight is 243 g/mol. The van der Waals surface area contributed by atoms with Crippen LogP contribution in [0.2, 0.25) is 0 Å². The predicted octanol–water partition coefficient (Wildman–Crippen LogP) is 0.333. The number of hydrogen-bond donors (Lipinski definition) is 1. The van der Waals surface area contributed by atoms with E-state index in [2.05, 4.69) is 0 Å². The van der Waals surface area contributed by atoms with Crippen molar-refractivity contribution in [2.45, 2.75) is 6.54 Å². The van der Waals surface area contributed by atoms with E-state index in [4.69, 9.17) is 10.4 Å². The molecule has 0 aliphatic rings. The summed E-state index contributed by atoms with van der Waals surface area (Å²) < 4.78 is 35.9. The topological polar surface area (TPSA) is 87.2 Å². The summed E-state index contributed by atoms with van der Waals surface area (Å²) >= 11 is 0. The van der Waals surface area contributed by atoms with E-state index in [1.807, 2.05) is 6.07 Å². The van der Waals surface area contributed by atoms with Crippen LogP contribution in [0.1, 0.15) is 11.1 Å². The van der Waals surface area contributed by atoms with Crippen LogP contribution in [0.5, 0.6) is 0 Å². The van der Waals surface area contributed by atoms with E-state index >= 15 is 0 Å². The third-order valence-electron chi connectivity index (χ3n) is 2.00. The number of nitrogens with two attached hydrogens (primary N) is 1. The molecule has 0 atom stereocenters. The molecular formula is C9H10FN3O2S. The van der Waals surface area contributed by atoms with Crippen molar-refractivity contribution in [3.63, 3.8) is 0 Å². The highest BCUT2D eigenvalue weighted by Crippen LogP contribution is 2.12. The Hall–Kier alpha value is -1.49. The quantitative estimate of drug-likeness (QED) is 0.830. The fraction of sp³-hybridized carbons (Fsp3) is 0.222. The average Bonchev–Trinajstić information content (AvgIpc) is 2.19. The monoisotopic (exact) mass is 243 g/mol. The highest BCUT2D eigenvalue weighted by Gasteiger charge is 2.14. The molecule has 86 valence electrons. The zero-order valence-electron chi connectivity index (χ0n) is 8.51. The third kappa shape index (κ3) is 3.00. The van der Waals surface area contributed by atoms with E-state index in [9.17, 15) is 12.8 Å². The molecular weight excluding hydrogens is 233 g/mol. The normalized spacial score (nSPS) is 11.4. The maximum Gasteiger partial charge on any atom is 0.276 e. The first-order chi connectivity index (χ1) is 7.34. The second kappa shape index (κ2) is 4.57. The first kappa shape index (κ1) is 12.6. The second-order valence-electron chi connectivity index (χ2n) is 3.22. The summed E-state index contributed by atoms with van der Waals surface area (Å²) in [6, 6.07) is 5.56. The van der Waals surface area contributed by atoms with Gasteiger partial charge in [-0.15, -0.1) is 0 Å². The summed E-state index contributed by atoms with van der Waals surface area (Å²) in [5.74, 6) is -0.575. The van der Waals surface area contributed by atoms with Crippen molar-refractivity contribution >= 4 is 10.2 Å². The molecule has 0 unspecified atom stereocenters. The maximum absolute atomic E-state index is 13.3. The van der Waals surface area contributed by atoms with Crippen LogP contribution >= 0.6 is 0 Å². The Morgan fingerprint density at radius 1 is 1.56 bits per heavy atom. The van der Waals surface area contributed by atoms with Crippen molar-refractivity contribution in [3.8, 4) is 6.07 Å². The highest BCUT2D eigenvalue weighted by atomic mass is 32.2. The molecule has 2 N–H and O–H groups in total. The number of nitriles is 1. The summed E-state index contributed by atoms with van der Waals surface area (Å²) in [6.45, 7) is -0.208. The van der Waals surface area contributed by atoms with Crippen LogP contribution in [0.25, 0.3) is 0 Å². The molecule has 0 aliphatic carbocycles. The van der Waals surface area contributed by atoms with E-state index in [0.29, 0.717) is 0 Å². The van der Waals surface area contributed by atoms with Crippen LogP contribution in [0.4, 0.5) is 4.39 Å². The largest absolute Gasteiger partial charge is 0.276 e. The molecule has 0 spiro atoms. The van der Waals surface area contributed by atoms with Crippen LogP contribution in [0.3, 0.4) is 0 Å². The Kier molecular flexibility index (Phi) is 3.59. The highest BCUT2D eigenvalue weighted by molar-refractivity contribution is 7.86. The van der Waals surface area contributed by atoms with Crippen molar-refractivity contribution in [2.75, 3.05) is 7.05 Å². The predicted molar refractivity (Wildman–Crippen MR) is 55.7 cm³/mol. The Bertz CT molecular complexity index is 536. The lowest BCUT2D eigenvalue weighted by Gasteiger charge is -2.13. The van der Waals surface area contributed by atoms with Gasteiger partial charge in [0.15, 0.2) is 0 Å². The lowest BCUT2D eigenvalue weighted by Crippen LogP contribution is -2.32. The van der Waals surface area contributed by atoms with Crippen LogP contribution in [-0.2, 0) is 16.8 Å². The molecule has 0 bridgehead atoms. The van der Waals surface area contributed by atoms with Gasteiger partial charge in [0, 0.05) is 19.2 Å². The van der Waals surface area contributed by atoms with Gasteiger partial charge in [0.1, 0.15) is 5.82 Å². The van der Waals surface area contributed by atoms with Gasteiger partial charge in [-0.05, 0) is 18.2 Å². The molecule has 0 heterocycles. The molecule has 0 fully saturated rings. The molecule has 0 amide bonds. The van der Waals surface area contributed by atoms with Crippen LogP contribution in [0, 0.1) is 17.1 Å². The van der Waals surface area contributed by atoms with Crippen molar-refractivity contribution in [3.05, 3.63) is 35.1 Å². The molecule has 0 aromatic heterocycles. The van der Waals surface area contributed by atoms with E-state index in [1.54, 1.807) is 0 Å². The molecule has 1 rings (SSSR count). The van der Waals surface area contributed by atoms with Gasteiger partial charge in [-0.3, -0.25) is 0 Å². The Morgan fingerprint density at radius 2 is 2.19 bits per heavy atom. The minimum Gasteiger partial charge on any atom is -0.216 e. The standard InChI is InChI=1S/C9H10FN3O2S/c1-13(16(12,14)15)6-8-4-7(5-11)2-3-9(8)10/h2-4H,6H2,1H3,(H2,12,14,15). The number of rotatable bonds is 3. The van der Waals surface area contributed by atoms with E-state index in [-0.39, 0.29) is 17.7 Å². The van der Waals surface area contributed by atoms with Gasteiger partial charge in [0.25, 0.3) is 10.2 Å². The third-order valence-corrected chi connectivity index (χ3v) is 3.00. The molecule has 0 saturated heterocycles. The molecule has 16 heavy (non-hydrogen) atoms. The molecule has 0 aliphatic heterocycles. The van der Waals surface area contributed by atoms with Crippen molar-refractivity contribution in [1.82, 2.24) is 4.31 Å². The van der Waals surface area contributed by atoms with Gasteiger partial charge in [0.05, 0.1) is 11.6 Å².